The molecule has 1 heterocycles. The second-order valence-corrected chi connectivity index (χ2v) is 4.23. The van der Waals surface area contributed by atoms with Crippen LogP contribution in [0.3, 0.4) is 0 Å². The SMILES string of the molecule is N#Cc1ccncc1NC1CCCCC1N. The number of nitrogens with zero attached hydrogens (tertiary/aromatic N) is 2. The predicted octanol–water partition coefficient (Wildman–Crippen LogP) is 1.64. The van der Waals surface area contributed by atoms with E-state index in [0.717, 1.165) is 18.5 Å². The Bertz CT molecular complexity index is 396. The van der Waals surface area contributed by atoms with Crippen molar-refractivity contribution in [3.05, 3.63) is 24.0 Å². The van der Waals surface area contributed by atoms with Gasteiger partial charge in [-0.15, -0.1) is 0 Å². The Kier molecular flexibility index (Phi) is 3.37. The van der Waals surface area contributed by atoms with Crippen molar-refractivity contribution in [2.45, 2.75) is 37.8 Å². The van der Waals surface area contributed by atoms with Gasteiger partial charge in [-0.2, -0.15) is 5.26 Å². The summed E-state index contributed by atoms with van der Waals surface area (Å²) in [4.78, 5) is 4.03. The first kappa shape index (κ1) is 10.9. The van der Waals surface area contributed by atoms with Gasteiger partial charge in [-0.05, 0) is 18.9 Å². The molecule has 0 amide bonds. The second kappa shape index (κ2) is 4.95. The van der Waals surface area contributed by atoms with Crippen LogP contribution in [-0.2, 0) is 0 Å². The van der Waals surface area contributed by atoms with Gasteiger partial charge >= 0.3 is 0 Å². The van der Waals surface area contributed by atoms with Gasteiger partial charge in [-0.1, -0.05) is 12.8 Å². The third kappa shape index (κ3) is 2.31. The first-order valence-corrected chi connectivity index (χ1v) is 5.67. The molecule has 1 aromatic heterocycles. The lowest BCUT2D eigenvalue weighted by atomic mass is 9.91. The van der Waals surface area contributed by atoms with Crippen LogP contribution in [0.1, 0.15) is 31.2 Å². The number of hydrogen-bond donors (Lipinski definition) is 2. The molecule has 0 saturated heterocycles. The average molecular weight is 216 g/mol. The van der Waals surface area contributed by atoms with Gasteiger partial charge < -0.3 is 11.1 Å². The first-order valence-electron chi connectivity index (χ1n) is 5.67. The zero-order chi connectivity index (χ0) is 11.4. The standard InChI is InChI=1S/C12H16N4/c13-7-9-5-6-15-8-12(9)16-11-4-2-1-3-10(11)14/h5-6,8,10-11,16H,1-4,14H2. The third-order valence-electron chi connectivity index (χ3n) is 3.10. The lowest BCUT2D eigenvalue weighted by molar-refractivity contribution is 0.404. The Morgan fingerprint density at radius 1 is 1.44 bits per heavy atom. The molecule has 0 bridgehead atoms. The average Bonchev–Trinajstić information content (AvgIpc) is 2.33. The van der Waals surface area contributed by atoms with Crippen LogP contribution >= 0.6 is 0 Å². The van der Waals surface area contributed by atoms with Crippen LogP contribution < -0.4 is 11.1 Å². The minimum Gasteiger partial charge on any atom is -0.378 e. The molecule has 2 atom stereocenters. The monoisotopic (exact) mass is 216 g/mol. The van der Waals surface area contributed by atoms with Crippen molar-refractivity contribution in [3.8, 4) is 6.07 Å². The molecule has 0 spiro atoms. The second-order valence-electron chi connectivity index (χ2n) is 4.23. The van der Waals surface area contributed by atoms with Crippen molar-refractivity contribution in [3.63, 3.8) is 0 Å². The van der Waals surface area contributed by atoms with E-state index in [2.05, 4.69) is 16.4 Å². The summed E-state index contributed by atoms with van der Waals surface area (Å²) in [5.41, 5.74) is 7.48. The van der Waals surface area contributed by atoms with E-state index < -0.39 is 0 Å². The van der Waals surface area contributed by atoms with Crippen molar-refractivity contribution in [2.24, 2.45) is 5.73 Å². The molecular formula is C12H16N4. The zero-order valence-electron chi connectivity index (χ0n) is 9.19. The molecule has 0 aliphatic heterocycles. The van der Waals surface area contributed by atoms with Gasteiger partial charge in [0.15, 0.2) is 0 Å². The minimum absolute atomic E-state index is 0.181. The van der Waals surface area contributed by atoms with E-state index >= 15 is 0 Å². The van der Waals surface area contributed by atoms with E-state index in [1.807, 2.05) is 0 Å². The van der Waals surface area contributed by atoms with Crippen molar-refractivity contribution < 1.29 is 0 Å². The van der Waals surface area contributed by atoms with E-state index in [9.17, 15) is 0 Å². The quantitative estimate of drug-likeness (QED) is 0.788. The Balaban J connectivity index is 2.11. The fourth-order valence-electron chi connectivity index (χ4n) is 2.15. The van der Waals surface area contributed by atoms with E-state index in [1.165, 1.54) is 12.8 Å². The Hall–Kier alpha value is -1.60. The molecule has 1 aliphatic carbocycles. The van der Waals surface area contributed by atoms with Crippen molar-refractivity contribution >= 4 is 5.69 Å². The topological polar surface area (TPSA) is 74.7 Å². The lowest BCUT2D eigenvalue weighted by Crippen LogP contribution is -2.42. The van der Waals surface area contributed by atoms with Gasteiger partial charge in [-0.3, -0.25) is 4.98 Å². The Morgan fingerprint density at radius 3 is 3.00 bits per heavy atom. The fraction of sp³-hybridized carbons (Fsp3) is 0.500. The molecule has 1 aromatic rings. The summed E-state index contributed by atoms with van der Waals surface area (Å²) in [6, 6.07) is 4.33. The number of rotatable bonds is 2. The molecule has 2 unspecified atom stereocenters. The fourth-order valence-corrected chi connectivity index (χ4v) is 2.15. The number of anilines is 1. The van der Waals surface area contributed by atoms with Gasteiger partial charge in [0.2, 0.25) is 0 Å². The summed E-state index contributed by atoms with van der Waals surface area (Å²) in [5, 5.41) is 12.3. The minimum atomic E-state index is 0.181. The highest BCUT2D eigenvalue weighted by atomic mass is 15.0. The van der Waals surface area contributed by atoms with Gasteiger partial charge in [0.1, 0.15) is 6.07 Å². The maximum absolute atomic E-state index is 8.96. The zero-order valence-corrected chi connectivity index (χ0v) is 9.19. The molecule has 1 aliphatic rings. The number of pyridine rings is 1. The van der Waals surface area contributed by atoms with Crippen molar-refractivity contribution in [2.75, 3.05) is 5.32 Å². The number of hydrogen-bond acceptors (Lipinski definition) is 4. The molecule has 3 N–H and O–H groups in total. The Labute approximate surface area is 95.5 Å². The summed E-state index contributed by atoms with van der Waals surface area (Å²) in [5.74, 6) is 0. The van der Waals surface area contributed by atoms with Crippen LogP contribution in [-0.4, -0.2) is 17.1 Å². The molecule has 1 saturated carbocycles. The van der Waals surface area contributed by atoms with Crippen LogP contribution in [0.25, 0.3) is 0 Å². The van der Waals surface area contributed by atoms with E-state index in [4.69, 9.17) is 11.0 Å². The van der Waals surface area contributed by atoms with E-state index in [0.29, 0.717) is 5.56 Å². The third-order valence-corrected chi connectivity index (χ3v) is 3.10. The molecule has 16 heavy (non-hydrogen) atoms. The molecule has 2 rings (SSSR count). The normalized spacial score (nSPS) is 24.8. The highest BCUT2D eigenvalue weighted by Crippen LogP contribution is 2.22. The largest absolute Gasteiger partial charge is 0.378 e. The van der Waals surface area contributed by atoms with E-state index in [-0.39, 0.29) is 12.1 Å². The highest BCUT2D eigenvalue weighted by molar-refractivity contribution is 5.56. The number of nitriles is 1. The molecule has 4 nitrogen and oxygen atoms in total. The summed E-state index contributed by atoms with van der Waals surface area (Å²) in [7, 11) is 0. The first-order chi connectivity index (χ1) is 7.81. The molecule has 4 heteroatoms. The highest BCUT2D eigenvalue weighted by Gasteiger charge is 2.22. The van der Waals surface area contributed by atoms with Crippen molar-refractivity contribution in [1.29, 1.82) is 5.26 Å². The Morgan fingerprint density at radius 2 is 2.25 bits per heavy atom. The summed E-state index contributed by atoms with van der Waals surface area (Å²) in [6.07, 6.45) is 7.86. The molecule has 0 radical (unpaired) electrons. The predicted molar refractivity (Wildman–Crippen MR) is 62.8 cm³/mol. The van der Waals surface area contributed by atoms with Crippen LogP contribution in [0.5, 0.6) is 0 Å². The van der Waals surface area contributed by atoms with Gasteiger partial charge in [0, 0.05) is 18.3 Å². The summed E-state index contributed by atoms with van der Waals surface area (Å²) >= 11 is 0. The summed E-state index contributed by atoms with van der Waals surface area (Å²) < 4.78 is 0. The van der Waals surface area contributed by atoms with Crippen LogP contribution in [0, 0.1) is 11.3 Å². The smallest absolute Gasteiger partial charge is 0.101 e. The maximum Gasteiger partial charge on any atom is 0.101 e. The van der Waals surface area contributed by atoms with Crippen molar-refractivity contribution in [1.82, 2.24) is 4.98 Å². The van der Waals surface area contributed by atoms with Gasteiger partial charge in [0.05, 0.1) is 17.4 Å². The van der Waals surface area contributed by atoms with E-state index in [1.54, 1.807) is 18.5 Å². The molecule has 84 valence electrons. The maximum atomic E-state index is 8.96. The summed E-state index contributed by atoms with van der Waals surface area (Å²) in [6.45, 7) is 0. The number of nitrogens with two attached hydrogens (primary N) is 1. The molecule has 1 fully saturated rings. The van der Waals surface area contributed by atoms with Crippen LogP contribution in [0.15, 0.2) is 18.5 Å². The van der Waals surface area contributed by atoms with Gasteiger partial charge in [-0.25, -0.2) is 0 Å². The number of aromatic nitrogens is 1. The van der Waals surface area contributed by atoms with Crippen LogP contribution in [0.2, 0.25) is 0 Å². The number of nitrogens with one attached hydrogen (secondary N) is 1. The molecular weight excluding hydrogens is 200 g/mol. The van der Waals surface area contributed by atoms with Crippen LogP contribution in [0.4, 0.5) is 5.69 Å². The van der Waals surface area contributed by atoms with Gasteiger partial charge in [0.25, 0.3) is 0 Å². The lowest BCUT2D eigenvalue weighted by Gasteiger charge is -2.30. The molecule has 0 aromatic carbocycles.